The third kappa shape index (κ3) is 2.59. The number of carbonyl (C=O) groups is 1. The van der Waals surface area contributed by atoms with Gasteiger partial charge in [0.05, 0.1) is 4.92 Å². The summed E-state index contributed by atoms with van der Waals surface area (Å²) in [4.78, 5) is 23.9. The van der Waals surface area contributed by atoms with Gasteiger partial charge in [-0.1, -0.05) is 19.1 Å². The number of carboxylic acids is 1. The predicted octanol–water partition coefficient (Wildman–Crippen LogP) is 2.59. The number of piperidine rings is 1. The standard InChI is InChI=1S/C14H18N2O4/c1-9-6-7-15(12(8-9)14(17)18)11-5-3-4-10(2)13(11)16(19)20/h3-5,9,12H,6-8H2,1-2H3,(H,17,18). The number of nitro benzene ring substituents is 1. The van der Waals surface area contributed by atoms with E-state index in [2.05, 4.69) is 0 Å². The van der Waals surface area contributed by atoms with Gasteiger partial charge in [0, 0.05) is 12.1 Å². The van der Waals surface area contributed by atoms with E-state index in [-0.39, 0.29) is 5.69 Å². The van der Waals surface area contributed by atoms with Crippen LogP contribution in [0, 0.1) is 23.0 Å². The number of nitrogens with zero attached hydrogens (tertiary/aromatic N) is 2. The number of hydrogen-bond donors (Lipinski definition) is 1. The van der Waals surface area contributed by atoms with Crippen LogP contribution >= 0.6 is 0 Å². The molecule has 6 nitrogen and oxygen atoms in total. The summed E-state index contributed by atoms with van der Waals surface area (Å²) in [6.07, 6.45) is 1.36. The molecule has 0 aromatic heterocycles. The van der Waals surface area contributed by atoms with Crippen molar-refractivity contribution in [1.29, 1.82) is 0 Å². The smallest absolute Gasteiger partial charge is 0.326 e. The van der Waals surface area contributed by atoms with E-state index >= 15 is 0 Å². The molecule has 1 heterocycles. The summed E-state index contributed by atoms with van der Waals surface area (Å²) in [7, 11) is 0. The molecule has 2 atom stereocenters. The lowest BCUT2D eigenvalue weighted by Crippen LogP contribution is -2.47. The summed E-state index contributed by atoms with van der Waals surface area (Å²) in [6, 6.07) is 4.34. The number of aliphatic carboxylic acids is 1. The molecule has 1 aromatic carbocycles. The molecular formula is C14H18N2O4. The van der Waals surface area contributed by atoms with Gasteiger partial charge < -0.3 is 10.0 Å². The van der Waals surface area contributed by atoms with Crippen LogP contribution in [0.4, 0.5) is 11.4 Å². The summed E-state index contributed by atoms with van der Waals surface area (Å²) in [5.74, 6) is -0.608. The minimum atomic E-state index is -0.924. The van der Waals surface area contributed by atoms with Crippen molar-refractivity contribution in [1.82, 2.24) is 0 Å². The van der Waals surface area contributed by atoms with Crippen LogP contribution in [0.5, 0.6) is 0 Å². The van der Waals surface area contributed by atoms with E-state index < -0.39 is 16.9 Å². The molecule has 2 rings (SSSR count). The van der Waals surface area contributed by atoms with E-state index in [1.807, 2.05) is 6.92 Å². The average Bonchev–Trinajstić information content (AvgIpc) is 2.37. The van der Waals surface area contributed by atoms with Crippen LogP contribution in [-0.4, -0.2) is 28.6 Å². The SMILES string of the molecule is Cc1cccc(N2CCC(C)CC2C(=O)O)c1[N+](=O)[O-]. The zero-order chi connectivity index (χ0) is 14.9. The van der Waals surface area contributed by atoms with Gasteiger partial charge in [-0.25, -0.2) is 4.79 Å². The van der Waals surface area contributed by atoms with Gasteiger partial charge in [-0.2, -0.15) is 0 Å². The number of benzene rings is 1. The molecule has 0 aliphatic carbocycles. The monoisotopic (exact) mass is 278 g/mol. The predicted molar refractivity (Wildman–Crippen MR) is 75.0 cm³/mol. The van der Waals surface area contributed by atoms with Gasteiger partial charge >= 0.3 is 5.97 Å². The molecule has 1 aliphatic heterocycles. The second-order valence-corrected chi connectivity index (χ2v) is 5.38. The summed E-state index contributed by atoms with van der Waals surface area (Å²) >= 11 is 0. The highest BCUT2D eigenvalue weighted by molar-refractivity contribution is 5.81. The van der Waals surface area contributed by atoms with E-state index in [1.165, 1.54) is 0 Å². The van der Waals surface area contributed by atoms with Crippen LogP contribution in [0.3, 0.4) is 0 Å². The van der Waals surface area contributed by atoms with E-state index in [0.29, 0.717) is 30.1 Å². The zero-order valence-corrected chi connectivity index (χ0v) is 11.6. The summed E-state index contributed by atoms with van der Waals surface area (Å²) in [6.45, 7) is 4.21. The molecule has 1 aliphatic rings. The van der Waals surface area contributed by atoms with E-state index in [9.17, 15) is 20.0 Å². The Hall–Kier alpha value is -2.11. The fourth-order valence-corrected chi connectivity index (χ4v) is 2.78. The molecule has 1 saturated heterocycles. The van der Waals surface area contributed by atoms with Gasteiger partial charge in [0.2, 0.25) is 0 Å². The van der Waals surface area contributed by atoms with E-state index in [1.54, 1.807) is 30.0 Å². The van der Waals surface area contributed by atoms with Crippen molar-refractivity contribution in [3.05, 3.63) is 33.9 Å². The maximum atomic E-state index is 11.4. The summed E-state index contributed by atoms with van der Waals surface area (Å²) < 4.78 is 0. The normalized spacial score (nSPS) is 22.6. The van der Waals surface area contributed by atoms with Crippen molar-refractivity contribution in [2.24, 2.45) is 5.92 Å². The van der Waals surface area contributed by atoms with Crippen LogP contribution in [0.2, 0.25) is 0 Å². The first-order valence-electron chi connectivity index (χ1n) is 6.65. The van der Waals surface area contributed by atoms with Gasteiger partial charge in [-0.05, 0) is 31.7 Å². The topological polar surface area (TPSA) is 83.7 Å². The molecule has 108 valence electrons. The fourth-order valence-electron chi connectivity index (χ4n) is 2.78. The molecule has 1 aromatic rings. The molecule has 2 unspecified atom stereocenters. The highest BCUT2D eigenvalue weighted by atomic mass is 16.6. The maximum Gasteiger partial charge on any atom is 0.326 e. The largest absolute Gasteiger partial charge is 0.480 e. The Balaban J connectivity index is 2.46. The quantitative estimate of drug-likeness (QED) is 0.678. The Bertz CT molecular complexity index is 544. The van der Waals surface area contributed by atoms with Crippen LogP contribution in [0.15, 0.2) is 18.2 Å². The van der Waals surface area contributed by atoms with Crippen molar-refractivity contribution < 1.29 is 14.8 Å². The van der Waals surface area contributed by atoms with Crippen LogP contribution in [0.25, 0.3) is 0 Å². The van der Waals surface area contributed by atoms with Crippen molar-refractivity contribution in [2.75, 3.05) is 11.4 Å². The lowest BCUT2D eigenvalue weighted by molar-refractivity contribution is -0.384. The Kier molecular flexibility index (Phi) is 3.92. The van der Waals surface area contributed by atoms with Gasteiger partial charge in [-0.3, -0.25) is 10.1 Å². The zero-order valence-electron chi connectivity index (χ0n) is 11.6. The Morgan fingerprint density at radius 2 is 2.20 bits per heavy atom. The van der Waals surface area contributed by atoms with Crippen LogP contribution in [-0.2, 0) is 4.79 Å². The molecule has 1 fully saturated rings. The third-order valence-electron chi connectivity index (χ3n) is 3.86. The molecule has 6 heteroatoms. The highest BCUT2D eigenvalue weighted by Crippen LogP contribution is 2.36. The lowest BCUT2D eigenvalue weighted by Gasteiger charge is -2.37. The molecule has 0 saturated carbocycles. The molecular weight excluding hydrogens is 260 g/mol. The van der Waals surface area contributed by atoms with E-state index in [4.69, 9.17) is 0 Å². The second kappa shape index (κ2) is 5.48. The second-order valence-electron chi connectivity index (χ2n) is 5.38. The lowest BCUT2D eigenvalue weighted by atomic mass is 9.91. The van der Waals surface area contributed by atoms with Crippen molar-refractivity contribution in [3.63, 3.8) is 0 Å². The number of para-hydroxylation sites is 1. The van der Waals surface area contributed by atoms with Gasteiger partial charge in [0.1, 0.15) is 11.7 Å². The number of hydrogen-bond acceptors (Lipinski definition) is 4. The first-order valence-corrected chi connectivity index (χ1v) is 6.65. The number of nitro groups is 1. The summed E-state index contributed by atoms with van der Waals surface area (Å²) in [5.41, 5.74) is 0.970. The third-order valence-corrected chi connectivity index (χ3v) is 3.86. The molecule has 20 heavy (non-hydrogen) atoms. The Labute approximate surface area is 117 Å². The van der Waals surface area contributed by atoms with E-state index in [0.717, 1.165) is 6.42 Å². The fraction of sp³-hybridized carbons (Fsp3) is 0.500. The summed E-state index contributed by atoms with van der Waals surface area (Å²) in [5, 5.41) is 20.6. The Morgan fingerprint density at radius 3 is 2.80 bits per heavy atom. The minimum absolute atomic E-state index is 0.00769. The maximum absolute atomic E-state index is 11.4. The van der Waals surface area contributed by atoms with Crippen LogP contribution < -0.4 is 4.90 Å². The molecule has 0 spiro atoms. The van der Waals surface area contributed by atoms with Crippen molar-refractivity contribution in [3.8, 4) is 0 Å². The van der Waals surface area contributed by atoms with Gasteiger partial charge in [0.15, 0.2) is 0 Å². The average molecular weight is 278 g/mol. The number of rotatable bonds is 3. The van der Waals surface area contributed by atoms with Crippen molar-refractivity contribution in [2.45, 2.75) is 32.7 Å². The van der Waals surface area contributed by atoms with Crippen LogP contribution in [0.1, 0.15) is 25.3 Å². The highest BCUT2D eigenvalue weighted by Gasteiger charge is 2.35. The Morgan fingerprint density at radius 1 is 1.50 bits per heavy atom. The first kappa shape index (κ1) is 14.3. The van der Waals surface area contributed by atoms with Gasteiger partial charge in [-0.15, -0.1) is 0 Å². The first-order chi connectivity index (χ1) is 9.41. The number of aryl methyl sites for hydroxylation is 1. The molecule has 0 amide bonds. The number of anilines is 1. The molecule has 1 N–H and O–H groups in total. The van der Waals surface area contributed by atoms with Gasteiger partial charge in [0.25, 0.3) is 5.69 Å². The van der Waals surface area contributed by atoms with Crippen molar-refractivity contribution >= 4 is 17.3 Å². The molecule has 0 radical (unpaired) electrons. The number of carboxylic acid groups (broad SMARTS) is 1. The minimum Gasteiger partial charge on any atom is -0.480 e. The molecule has 0 bridgehead atoms.